The number of amides is 1. The van der Waals surface area contributed by atoms with Crippen molar-refractivity contribution in [1.82, 2.24) is 5.32 Å². The van der Waals surface area contributed by atoms with E-state index >= 15 is 0 Å². The zero-order valence-electron chi connectivity index (χ0n) is 10.3. The van der Waals surface area contributed by atoms with Crippen LogP contribution in [0.4, 0.5) is 0 Å². The van der Waals surface area contributed by atoms with E-state index in [2.05, 4.69) is 11.9 Å². The van der Waals surface area contributed by atoms with Crippen molar-refractivity contribution in [2.45, 2.75) is 45.8 Å². The SMILES string of the molecule is C=CC(=O)NC(CCC)OC(=O)CC(=O)CC. The molecule has 0 aromatic rings. The molecule has 0 radical (unpaired) electrons. The van der Waals surface area contributed by atoms with E-state index in [9.17, 15) is 14.4 Å². The van der Waals surface area contributed by atoms with E-state index in [0.717, 1.165) is 12.5 Å². The zero-order chi connectivity index (χ0) is 13.3. The Bertz CT molecular complexity index is 299. The molecule has 0 rings (SSSR count). The molecule has 5 nitrogen and oxygen atoms in total. The van der Waals surface area contributed by atoms with Gasteiger partial charge in [-0.15, -0.1) is 0 Å². The first-order chi connectivity index (χ1) is 8.03. The van der Waals surface area contributed by atoms with Gasteiger partial charge in [-0.05, 0) is 6.08 Å². The predicted octanol–water partition coefficient (Wildman–Crippen LogP) is 1.33. The van der Waals surface area contributed by atoms with Gasteiger partial charge in [0, 0.05) is 12.8 Å². The molecule has 5 heteroatoms. The number of esters is 1. The van der Waals surface area contributed by atoms with E-state index in [1.807, 2.05) is 6.92 Å². The highest BCUT2D eigenvalue weighted by atomic mass is 16.6. The van der Waals surface area contributed by atoms with Crippen molar-refractivity contribution in [1.29, 1.82) is 0 Å². The molecule has 0 aromatic heterocycles. The van der Waals surface area contributed by atoms with Crippen LogP contribution in [0.5, 0.6) is 0 Å². The molecule has 0 aliphatic rings. The van der Waals surface area contributed by atoms with Crippen LogP contribution in [0.1, 0.15) is 39.5 Å². The van der Waals surface area contributed by atoms with Gasteiger partial charge in [-0.1, -0.05) is 26.8 Å². The van der Waals surface area contributed by atoms with Gasteiger partial charge < -0.3 is 10.1 Å². The molecule has 0 aromatic carbocycles. The Hall–Kier alpha value is -1.65. The first-order valence-electron chi connectivity index (χ1n) is 5.67. The summed E-state index contributed by atoms with van der Waals surface area (Å²) >= 11 is 0. The lowest BCUT2D eigenvalue weighted by Gasteiger charge is -2.17. The topological polar surface area (TPSA) is 72.5 Å². The van der Waals surface area contributed by atoms with Crippen molar-refractivity contribution in [2.75, 3.05) is 0 Å². The van der Waals surface area contributed by atoms with Crippen LogP contribution in [-0.2, 0) is 19.1 Å². The molecule has 1 unspecified atom stereocenters. The third-order valence-corrected chi connectivity index (χ3v) is 2.05. The molecule has 0 heterocycles. The number of hydrogen-bond donors (Lipinski definition) is 1. The summed E-state index contributed by atoms with van der Waals surface area (Å²) in [5, 5.41) is 2.48. The molecule has 0 saturated heterocycles. The molecule has 0 spiro atoms. The van der Waals surface area contributed by atoms with Gasteiger partial charge in [0.15, 0.2) is 6.23 Å². The van der Waals surface area contributed by atoms with Crippen molar-refractivity contribution in [2.24, 2.45) is 0 Å². The van der Waals surface area contributed by atoms with E-state index in [1.54, 1.807) is 6.92 Å². The summed E-state index contributed by atoms with van der Waals surface area (Å²) in [6.07, 6.45) is 1.71. The predicted molar refractivity (Wildman–Crippen MR) is 63.0 cm³/mol. The highest BCUT2D eigenvalue weighted by Crippen LogP contribution is 2.02. The first-order valence-corrected chi connectivity index (χ1v) is 5.67. The number of Topliss-reactive ketones (excluding diaryl/α,β-unsaturated/α-hetero) is 1. The van der Waals surface area contributed by atoms with Crippen LogP contribution in [0.3, 0.4) is 0 Å². The summed E-state index contributed by atoms with van der Waals surface area (Å²) in [6.45, 7) is 6.89. The zero-order valence-corrected chi connectivity index (χ0v) is 10.3. The van der Waals surface area contributed by atoms with Crippen LogP contribution in [0.25, 0.3) is 0 Å². The summed E-state index contributed by atoms with van der Waals surface area (Å²) in [5.74, 6) is -1.20. The number of ether oxygens (including phenoxy) is 1. The Morgan fingerprint density at radius 2 is 2.00 bits per heavy atom. The molecule has 0 saturated carbocycles. The molecule has 96 valence electrons. The highest BCUT2D eigenvalue weighted by molar-refractivity contribution is 5.95. The van der Waals surface area contributed by atoms with Gasteiger partial charge in [-0.3, -0.25) is 14.4 Å². The minimum Gasteiger partial charge on any atom is -0.441 e. The monoisotopic (exact) mass is 241 g/mol. The van der Waals surface area contributed by atoms with Crippen LogP contribution in [-0.4, -0.2) is 23.9 Å². The number of carbonyl (C=O) groups is 3. The van der Waals surface area contributed by atoms with Crippen molar-refractivity contribution in [3.05, 3.63) is 12.7 Å². The van der Waals surface area contributed by atoms with Crippen molar-refractivity contribution < 1.29 is 19.1 Å². The Morgan fingerprint density at radius 1 is 1.35 bits per heavy atom. The largest absolute Gasteiger partial charge is 0.441 e. The smallest absolute Gasteiger partial charge is 0.315 e. The van der Waals surface area contributed by atoms with Gasteiger partial charge in [0.1, 0.15) is 12.2 Å². The van der Waals surface area contributed by atoms with Crippen LogP contribution >= 0.6 is 0 Å². The summed E-state index contributed by atoms with van der Waals surface area (Å²) in [5.41, 5.74) is 0. The molecular weight excluding hydrogens is 222 g/mol. The number of carbonyl (C=O) groups excluding carboxylic acids is 3. The second-order valence-electron chi connectivity index (χ2n) is 3.55. The number of rotatable bonds is 8. The quantitative estimate of drug-likeness (QED) is 0.301. The van der Waals surface area contributed by atoms with E-state index in [0.29, 0.717) is 12.8 Å². The maximum Gasteiger partial charge on any atom is 0.315 e. The maximum atomic E-state index is 11.3. The fourth-order valence-corrected chi connectivity index (χ4v) is 1.13. The van der Waals surface area contributed by atoms with Crippen molar-refractivity contribution >= 4 is 17.7 Å². The molecule has 1 atom stereocenters. The van der Waals surface area contributed by atoms with Crippen LogP contribution in [0, 0.1) is 0 Å². The standard InChI is InChI=1S/C12H19NO4/c1-4-7-11(13-10(15)6-3)17-12(16)8-9(14)5-2/h6,11H,3-5,7-8H2,1-2H3,(H,13,15). The number of nitrogens with one attached hydrogen (secondary N) is 1. The maximum absolute atomic E-state index is 11.3. The molecule has 17 heavy (non-hydrogen) atoms. The van der Waals surface area contributed by atoms with E-state index in [-0.39, 0.29) is 12.2 Å². The molecule has 1 amide bonds. The Kier molecular flexibility index (Phi) is 7.67. The summed E-state index contributed by atoms with van der Waals surface area (Å²) in [7, 11) is 0. The molecular formula is C12H19NO4. The van der Waals surface area contributed by atoms with Crippen LogP contribution in [0.15, 0.2) is 12.7 Å². The minimum atomic E-state index is -0.692. The van der Waals surface area contributed by atoms with Crippen LogP contribution in [0.2, 0.25) is 0 Å². The van der Waals surface area contributed by atoms with E-state index in [4.69, 9.17) is 4.74 Å². The first kappa shape index (κ1) is 15.3. The minimum absolute atomic E-state index is 0.180. The van der Waals surface area contributed by atoms with Gasteiger partial charge in [0.2, 0.25) is 5.91 Å². The summed E-state index contributed by atoms with van der Waals surface area (Å²) in [4.78, 5) is 33.5. The second-order valence-corrected chi connectivity index (χ2v) is 3.55. The van der Waals surface area contributed by atoms with Gasteiger partial charge in [-0.25, -0.2) is 0 Å². The third-order valence-electron chi connectivity index (χ3n) is 2.05. The Labute approximate surface area is 101 Å². The van der Waals surface area contributed by atoms with E-state index < -0.39 is 18.1 Å². The van der Waals surface area contributed by atoms with Gasteiger partial charge in [0.05, 0.1) is 0 Å². The highest BCUT2D eigenvalue weighted by Gasteiger charge is 2.16. The van der Waals surface area contributed by atoms with Crippen molar-refractivity contribution in [3.8, 4) is 0 Å². The molecule has 1 N–H and O–H groups in total. The fourth-order valence-electron chi connectivity index (χ4n) is 1.13. The van der Waals surface area contributed by atoms with Gasteiger partial charge in [0.25, 0.3) is 0 Å². The lowest BCUT2D eigenvalue weighted by molar-refractivity contribution is -0.153. The number of ketones is 1. The van der Waals surface area contributed by atoms with Gasteiger partial charge >= 0.3 is 5.97 Å². The van der Waals surface area contributed by atoms with Gasteiger partial charge in [-0.2, -0.15) is 0 Å². The molecule has 0 aliphatic carbocycles. The second kappa shape index (κ2) is 8.50. The fraction of sp³-hybridized carbons (Fsp3) is 0.583. The average Bonchev–Trinajstić information content (AvgIpc) is 2.28. The lowest BCUT2D eigenvalue weighted by atomic mass is 10.2. The average molecular weight is 241 g/mol. The van der Waals surface area contributed by atoms with E-state index in [1.165, 1.54) is 0 Å². The Morgan fingerprint density at radius 3 is 2.47 bits per heavy atom. The van der Waals surface area contributed by atoms with Crippen molar-refractivity contribution in [3.63, 3.8) is 0 Å². The lowest BCUT2D eigenvalue weighted by Crippen LogP contribution is -2.37. The molecule has 0 bridgehead atoms. The molecule has 0 aliphatic heterocycles. The normalized spacial score (nSPS) is 11.4. The third kappa shape index (κ3) is 7.27. The molecule has 0 fully saturated rings. The summed E-state index contributed by atoms with van der Waals surface area (Å²) < 4.78 is 5.00. The number of hydrogen-bond acceptors (Lipinski definition) is 4. The van der Waals surface area contributed by atoms with Crippen LogP contribution < -0.4 is 5.32 Å². The Balaban J connectivity index is 4.23. The summed E-state index contributed by atoms with van der Waals surface area (Å²) in [6, 6.07) is 0.